The van der Waals surface area contributed by atoms with Crippen LogP contribution in [0.2, 0.25) is 0 Å². The summed E-state index contributed by atoms with van der Waals surface area (Å²) in [6, 6.07) is 11.0. The second-order valence-electron chi connectivity index (χ2n) is 7.45. The first kappa shape index (κ1) is 15.0. The van der Waals surface area contributed by atoms with E-state index in [4.69, 9.17) is 0 Å². The second-order valence-corrected chi connectivity index (χ2v) is 7.45. The summed E-state index contributed by atoms with van der Waals surface area (Å²) in [7, 11) is 0. The van der Waals surface area contributed by atoms with E-state index in [2.05, 4.69) is 45.4 Å². The lowest BCUT2D eigenvalue weighted by Crippen LogP contribution is -2.51. The Morgan fingerprint density at radius 2 is 1.83 bits per heavy atom. The molecule has 23 heavy (non-hydrogen) atoms. The van der Waals surface area contributed by atoms with Gasteiger partial charge in [0.15, 0.2) is 0 Å². The van der Waals surface area contributed by atoms with E-state index in [1.807, 2.05) is 0 Å². The Bertz CT molecular complexity index is 539. The van der Waals surface area contributed by atoms with Crippen LogP contribution in [-0.2, 0) is 4.79 Å². The molecule has 1 saturated heterocycles. The Morgan fingerprint density at radius 1 is 1.04 bits per heavy atom. The van der Waals surface area contributed by atoms with Crippen LogP contribution in [0, 0.1) is 11.8 Å². The minimum absolute atomic E-state index is 0.232. The molecule has 2 bridgehead atoms. The van der Waals surface area contributed by atoms with Gasteiger partial charge in [0.2, 0.25) is 5.91 Å². The number of anilines is 1. The molecule has 3 atom stereocenters. The Morgan fingerprint density at radius 3 is 2.48 bits per heavy atom. The molecule has 124 valence electrons. The molecule has 1 N–H and O–H groups in total. The Hall–Kier alpha value is -1.55. The molecule has 2 aliphatic carbocycles. The highest BCUT2D eigenvalue weighted by Crippen LogP contribution is 2.44. The summed E-state index contributed by atoms with van der Waals surface area (Å²) in [5.74, 6) is 1.88. The topological polar surface area (TPSA) is 35.6 Å². The summed E-state index contributed by atoms with van der Waals surface area (Å²) in [4.78, 5) is 17.0. The van der Waals surface area contributed by atoms with Crippen molar-refractivity contribution in [3.05, 3.63) is 30.3 Å². The predicted molar refractivity (Wildman–Crippen MR) is 92.5 cm³/mol. The fourth-order valence-corrected chi connectivity index (χ4v) is 4.68. The Balaban J connectivity index is 1.22. The van der Waals surface area contributed by atoms with Crippen LogP contribution >= 0.6 is 0 Å². The van der Waals surface area contributed by atoms with E-state index in [1.54, 1.807) is 0 Å². The molecule has 1 aliphatic heterocycles. The van der Waals surface area contributed by atoms with Gasteiger partial charge in [0.05, 0.1) is 6.54 Å². The maximum absolute atomic E-state index is 12.3. The number of rotatable bonds is 4. The lowest BCUT2D eigenvalue weighted by Gasteiger charge is -2.36. The maximum atomic E-state index is 12.3. The third-order valence-corrected chi connectivity index (χ3v) is 5.95. The number of hydrogen-bond acceptors (Lipinski definition) is 3. The summed E-state index contributed by atoms with van der Waals surface area (Å²) in [5, 5.41) is 3.31. The third kappa shape index (κ3) is 3.37. The average molecular weight is 313 g/mol. The van der Waals surface area contributed by atoms with E-state index in [-0.39, 0.29) is 5.91 Å². The molecule has 3 fully saturated rings. The zero-order valence-electron chi connectivity index (χ0n) is 13.8. The first-order chi connectivity index (χ1) is 11.3. The predicted octanol–water partition coefficient (Wildman–Crippen LogP) is 2.11. The summed E-state index contributed by atoms with van der Waals surface area (Å²) >= 11 is 0. The van der Waals surface area contributed by atoms with Crippen molar-refractivity contribution in [2.45, 2.75) is 31.7 Å². The second kappa shape index (κ2) is 6.52. The van der Waals surface area contributed by atoms with Gasteiger partial charge in [0.1, 0.15) is 0 Å². The smallest absolute Gasteiger partial charge is 0.234 e. The third-order valence-electron chi connectivity index (χ3n) is 5.95. The van der Waals surface area contributed by atoms with Gasteiger partial charge in [-0.1, -0.05) is 24.6 Å². The molecular formula is C19H27N3O. The van der Waals surface area contributed by atoms with Gasteiger partial charge in [-0.2, -0.15) is 0 Å². The van der Waals surface area contributed by atoms with E-state index < -0.39 is 0 Å². The van der Waals surface area contributed by atoms with E-state index in [1.165, 1.54) is 31.4 Å². The molecule has 1 aromatic carbocycles. The van der Waals surface area contributed by atoms with Crippen molar-refractivity contribution in [1.82, 2.24) is 10.2 Å². The minimum atomic E-state index is 0.232. The average Bonchev–Trinajstić information content (AvgIpc) is 3.19. The SMILES string of the molecule is O=C(CN1CCN(c2ccccc2)CC1)N[C@H]1C[C@H]2CC[C@H]1C2. The number of para-hydroxylation sites is 1. The van der Waals surface area contributed by atoms with Crippen LogP contribution in [0.15, 0.2) is 30.3 Å². The molecule has 3 aliphatic rings. The zero-order valence-corrected chi connectivity index (χ0v) is 13.8. The number of benzene rings is 1. The van der Waals surface area contributed by atoms with Crippen LogP contribution in [0.1, 0.15) is 25.7 Å². The molecule has 4 heteroatoms. The van der Waals surface area contributed by atoms with Crippen LogP contribution in [-0.4, -0.2) is 49.6 Å². The summed E-state index contributed by atoms with van der Waals surface area (Å²) in [6.07, 6.45) is 5.28. The highest BCUT2D eigenvalue weighted by Gasteiger charge is 2.40. The number of carbonyl (C=O) groups is 1. The first-order valence-corrected chi connectivity index (χ1v) is 9.09. The van der Waals surface area contributed by atoms with Gasteiger partial charge in [-0.05, 0) is 43.2 Å². The fraction of sp³-hybridized carbons (Fsp3) is 0.632. The van der Waals surface area contributed by atoms with Gasteiger partial charge in [-0.3, -0.25) is 9.69 Å². The molecular weight excluding hydrogens is 286 g/mol. The molecule has 4 rings (SSSR count). The van der Waals surface area contributed by atoms with Gasteiger partial charge in [0, 0.05) is 37.9 Å². The number of carbonyl (C=O) groups excluding carboxylic acids is 1. The number of hydrogen-bond donors (Lipinski definition) is 1. The van der Waals surface area contributed by atoms with Crippen LogP contribution in [0.5, 0.6) is 0 Å². The summed E-state index contributed by atoms with van der Waals surface area (Å²) in [5.41, 5.74) is 1.29. The highest BCUT2D eigenvalue weighted by atomic mass is 16.2. The molecule has 1 heterocycles. The fourth-order valence-electron chi connectivity index (χ4n) is 4.68. The van der Waals surface area contributed by atoms with Gasteiger partial charge >= 0.3 is 0 Å². The first-order valence-electron chi connectivity index (χ1n) is 9.09. The number of piperazine rings is 1. The molecule has 1 amide bonds. The largest absolute Gasteiger partial charge is 0.369 e. The van der Waals surface area contributed by atoms with Crippen molar-refractivity contribution in [3.63, 3.8) is 0 Å². The van der Waals surface area contributed by atoms with Gasteiger partial charge in [-0.25, -0.2) is 0 Å². The van der Waals surface area contributed by atoms with Crippen molar-refractivity contribution in [3.8, 4) is 0 Å². The van der Waals surface area contributed by atoms with Crippen LogP contribution in [0.4, 0.5) is 5.69 Å². The van der Waals surface area contributed by atoms with E-state index in [0.717, 1.165) is 38.0 Å². The lowest BCUT2D eigenvalue weighted by atomic mass is 9.95. The van der Waals surface area contributed by atoms with E-state index in [0.29, 0.717) is 12.6 Å². The zero-order chi connectivity index (χ0) is 15.6. The normalized spacial score (nSPS) is 30.6. The quantitative estimate of drug-likeness (QED) is 0.925. The number of nitrogens with one attached hydrogen (secondary N) is 1. The Labute approximate surface area is 138 Å². The highest BCUT2D eigenvalue weighted by molar-refractivity contribution is 5.78. The Kier molecular flexibility index (Phi) is 4.25. The van der Waals surface area contributed by atoms with Gasteiger partial charge < -0.3 is 10.2 Å². The van der Waals surface area contributed by atoms with E-state index in [9.17, 15) is 4.79 Å². The molecule has 0 spiro atoms. The van der Waals surface area contributed by atoms with Crippen LogP contribution in [0.25, 0.3) is 0 Å². The standard InChI is InChI=1S/C19H27N3O/c23-19(20-18-13-15-6-7-16(18)12-15)14-21-8-10-22(11-9-21)17-4-2-1-3-5-17/h1-5,15-16,18H,6-14H2,(H,20,23)/t15-,16-,18-/m0/s1. The van der Waals surface area contributed by atoms with Crippen molar-refractivity contribution in [2.75, 3.05) is 37.6 Å². The monoisotopic (exact) mass is 313 g/mol. The molecule has 2 saturated carbocycles. The van der Waals surface area contributed by atoms with Crippen molar-refractivity contribution in [1.29, 1.82) is 0 Å². The number of nitrogens with zero attached hydrogens (tertiary/aromatic N) is 2. The maximum Gasteiger partial charge on any atom is 0.234 e. The van der Waals surface area contributed by atoms with Crippen LogP contribution < -0.4 is 10.2 Å². The van der Waals surface area contributed by atoms with Crippen LogP contribution in [0.3, 0.4) is 0 Å². The molecule has 0 aromatic heterocycles. The summed E-state index contributed by atoms with van der Waals surface area (Å²) in [6.45, 7) is 4.52. The minimum Gasteiger partial charge on any atom is -0.369 e. The van der Waals surface area contributed by atoms with Gasteiger partial charge in [0.25, 0.3) is 0 Å². The van der Waals surface area contributed by atoms with Crippen molar-refractivity contribution >= 4 is 11.6 Å². The molecule has 0 radical (unpaired) electrons. The molecule has 1 aromatic rings. The number of amides is 1. The summed E-state index contributed by atoms with van der Waals surface area (Å²) < 4.78 is 0. The molecule has 0 unspecified atom stereocenters. The van der Waals surface area contributed by atoms with Gasteiger partial charge in [-0.15, -0.1) is 0 Å². The van der Waals surface area contributed by atoms with E-state index >= 15 is 0 Å². The van der Waals surface area contributed by atoms with Crippen molar-refractivity contribution < 1.29 is 4.79 Å². The molecule has 4 nitrogen and oxygen atoms in total. The lowest BCUT2D eigenvalue weighted by molar-refractivity contribution is -0.123. The number of fused-ring (bicyclic) bond motifs is 2. The van der Waals surface area contributed by atoms with Crippen molar-refractivity contribution in [2.24, 2.45) is 11.8 Å².